The largest absolute Gasteiger partial charge is 0.394 e. The summed E-state index contributed by atoms with van der Waals surface area (Å²) in [6, 6.07) is 0. The Morgan fingerprint density at radius 1 is 1.61 bits per heavy atom. The zero-order valence-corrected chi connectivity index (χ0v) is 12.0. The van der Waals surface area contributed by atoms with Crippen molar-refractivity contribution in [3.05, 3.63) is 12.2 Å². The van der Waals surface area contributed by atoms with Gasteiger partial charge in [0.1, 0.15) is 12.4 Å². The molecular formula is C9H11F2N4O7P. The highest BCUT2D eigenvalue weighted by molar-refractivity contribution is 7.53. The summed E-state index contributed by atoms with van der Waals surface area (Å²) in [6.07, 6.45) is -7.44. The molecule has 1 saturated heterocycles. The third-order valence-electron chi connectivity index (χ3n) is 2.83. The van der Waals surface area contributed by atoms with Crippen molar-refractivity contribution in [2.45, 2.75) is 24.6 Å². The molecule has 0 radical (unpaired) electrons. The number of nitrogens with two attached hydrogens (primary N) is 1. The Bertz CT molecular complexity index is 668. The van der Waals surface area contributed by atoms with E-state index in [9.17, 15) is 28.0 Å². The quantitative estimate of drug-likeness (QED) is 0.521. The first kappa shape index (κ1) is 17.6. The lowest BCUT2D eigenvalue weighted by molar-refractivity contribution is -0.128. The topological polar surface area (TPSA) is 167 Å². The Morgan fingerprint density at radius 3 is 2.78 bits per heavy atom. The summed E-state index contributed by atoms with van der Waals surface area (Å²) < 4.78 is 45.3. The highest BCUT2D eigenvalue weighted by Gasteiger charge is 2.46. The summed E-state index contributed by atoms with van der Waals surface area (Å²) in [7, 11) is -5.21. The molecule has 1 aromatic rings. The van der Waals surface area contributed by atoms with Gasteiger partial charge in [-0.3, -0.25) is 14.2 Å². The van der Waals surface area contributed by atoms with E-state index in [4.69, 9.17) is 15.4 Å². The molecule has 14 heteroatoms. The number of alkyl halides is 2. The second kappa shape index (κ2) is 6.37. The lowest BCUT2D eigenvalue weighted by Crippen LogP contribution is -2.28. The number of aliphatic hydroxyl groups is 1. The molecule has 11 nitrogen and oxygen atoms in total. The number of rotatable bonds is 6. The summed E-state index contributed by atoms with van der Waals surface area (Å²) in [4.78, 5) is 35.0. The number of ether oxygens (including phenoxy) is 1. The first-order chi connectivity index (χ1) is 10.6. The van der Waals surface area contributed by atoms with Crippen LogP contribution in [0.2, 0.25) is 0 Å². The van der Waals surface area contributed by atoms with Gasteiger partial charge in [-0.1, -0.05) is 0 Å². The van der Waals surface area contributed by atoms with Crippen LogP contribution in [0.1, 0.15) is 16.8 Å². The van der Waals surface area contributed by atoms with Crippen molar-refractivity contribution < 1.29 is 42.2 Å². The van der Waals surface area contributed by atoms with E-state index in [0.29, 0.717) is 0 Å². The van der Waals surface area contributed by atoms with Crippen molar-refractivity contribution >= 4 is 19.3 Å². The summed E-state index contributed by atoms with van der Waals surface area (Å²) in [6.45, 7) is -0.970. The number of Topliss-reactive ketones (excluding diaryl/α,β-unsaturated/α-hetero) is 1. The number of aliphatic hydroxyl groups excluding tert-OH is 1. The molecule has 0 aromatic carbocycles. The number of carbonyl (C=O) groups excluding carboxylic acids is 2. The van der Waals surface area contributed by atoms with Gasteiger partial charge in [-0.05, 0) is 0 Å². The van der Waals surface area contributed by atoms with Gasteiger partial charge in [0.25, 0.3) is 5.91 Å². The van der Waals surface area contributed by atoms with E-state index in [1.54, 1.807) is 0 Å². The predicted molar refractivity (Wildman–Crippen MR) is 65.2 cm³/mol. The molecule has 4 N–H and O–H groups in total. The molecule has 1 aliphatic rings. The molecule has 2 rings (SSSR count). The van der Waals surface area contributed by atoms with Gasteiger partial charge in [0, 0.05) is 0 Å². The summed E-state index contributed by atoms with van der Waals surface area (Å²) in [5.41, 5.74) is 4.94. The number of halogens is 2. The third-order valence-corrected chi connectivity index (χ3v) is 3.84. The van der Waals surface area contributed by atoms with Crippen LogP contribution < -0.4 is 5.73 Å². The van der Waals surface area contributed by atoms with Gasteiger partial charge in [0.05, 0.1) is 6.61 Å². The van der Waals surface area contributed by atoms with Crippen molar-refractivity contribution in [2.24, 2.45) is 5.73 Å². The summed E-state index contributed by atoms with van der Waals surface area (Å²) in [5.74, 6) is -2.33. The monoisotopic (exact) mass is 356 g/mol. The number of ketones is 1. The molecule has 0 saturated carbocycles. The lowest BCUT2D eigenvalue weighted by Gasteiger charge is -2.15. The van der Waals surface area contributed by atoms with Gasteiger partial charge in [-0.15, -0.1) is 5.10 Å². The van der Waals surface area contributed by atoms with Crippen LogP contribution in [0.15, 0.2) is 6.33 Å². The average molecular weight is 356 g/mol. The number of primary amides is 1. The van der Waals surface area contributed by atoms with Gasteiger partial charge in [-0.25, -0.2) is 9.67 Å². The molecule has 128 valence electrons. The second-order valence-electron chi connectivity index (χ2n) is 4.41. The molecule has 1 fully saturated rings. The third kappa shape index (κ3) is 3.59. The number of aromatic nitrogens is 3. The standard InChI is InChI=1S/C9H11F2N4O7P/c10-9(11)23(19,20)21-1-3-4(16)5(17)8(22-3)15-2-13-7(14-15)6(12)18/h2-3,5,8-9,17H,1H2,(H2,12,18)(H,19,20)/t3-,5-,8-/m1/s1. The van der Waals surface area contributed by atoms with E-state index in [1.165, 1.54) is 0 Å². The molecular weight excluding hydrogens is 345 g/mol. The fourth-order valence-corrected chi connectivity index (χ4v) is 2.17. The fourth-order valence-electron chi connectivity index (χ4n) is 1.71. The van der Waals surface area contributed by atoms with E-state index in [0.717, 1.165) is 11.0 Å². The maximum absolute atomic E-state index is 12.2. The average Bonchev–Trinajstić information content (AvgIpc) is 3.04. The number of nitrogens with zero attached hydrogens (tertiary/aromatic N) is 3. The van der Waals surface area contributed by atoms with Gasteiger partial charge in [0.2, 0.25) is 5.82 Å². The van der Waals surface area contributed by atoms with E-state index >= 15 is 0 Å². The molecule has 2 heterocycles. The Hall–Kier alpha value is -1.79. The highest BCUT2D eigenvalue weighted by atomic mass is 31.2. The second-order valence-corrected chi connectivity index (χ2v) is 6.19. The Balaban J connectivity index is 2.07. The van der Waals surface area contributed by atoms with Crippen LogP contribution in [-0.2, 0) is 18.6 Å². The molecule has 1 aliphatic heterocycles. The molecule has 0 spiro atoms. The molecule has 23 heavy (non-hydrogen) atoms. The molecule has 0 bridgehead atoms. The maximum Gasteiger partial charge on any atom is 0.394 e. The molecule has 4 atom stereocenters. The van der Waals surface area contributed by atoms with Gasteiger partial charge >= 0.3 is 13.8 Å². The van der Waals surface area contributed by atoms with Gasteiger partial charge < -0.3 is 25.0 Å². The normalized spacial score (nSPS) is 27.3. The molecule has 0 aliphatic carbocycles. The molecule has 1 unspecified atom stereocenters. The van der Waals surface area contributed by atoms with E-state index < -0.39 is 56.3 Å². The summed E-state index contributed by atoms with van der Waals surface area (Å²) in [5, 5.41) is 13.3. The molecule has 1 amide bonds. The first-order valence-corrected chi connectivity index (χ1v) is 7.61. The first-order valence-electron chi connectivity index (χ1n) is 5.97. The van der Waals surface area contributed by atoms with Crippen LogP contribution in [0.25, 0.3) is 0 Å². The van der Waals surface area contributed by atoms with Crippen molar-refractivity contribution in [2.75, 3.05) is 6.61 Å². The lowest BCUT2D eigenvalue weighted by atomic mass is 10.2. The van der Waals surface area contributed by atoms with E-state index in [2.05, 4.69) is 14.6 Å². The van der Waals surface area contributed by atoms with Crippen molar-refractivity contribution in [1.82, 2.24) is 14.8 Å². The SMILES string of the molecule is NC(=O)c1ncn([C@@H]2O[C@H](COP(=O)(O)C(F)F)C(=O)[C@H]2O)n1. The number of carbonyl (C=O) groups is 2. The van der Waals surface area contributed by atoms with Crippen LogP contribution >= 0.6 is 7.60 Å². The van der Waals surface area contributed by atoms with Crippen molar-refractivity contribution in [3.8, 4) is 0 Å². The Kier molecular flexibility index (Phi) is 4.87. The van der Waals surface area contributed by atoms with Gasteiger partial charge in [-0.2, -0.15) is 8.78 Å². The maximum atomic E-state index is 12.2. The van der Waals surface area contributed by atoms with Crippen molar-refractivity contribution in [3.63, 3.8) is 0 Å². The van der Waals surface area contributed by atoms with E-state index in [-0.39, 0.29) is 0 Å². The van der Waals surface area contributed by atoms with Crippen LogP contribution in [0.4, 0.5) is 8.78 Å². The van der Waals surface area contributed by atoms with Crippen LogP contribution in [0.5, 0.6) is 0 Å². The minimum absolute atomic E-state index is 0.398. The predicted octanol–water partition coefficient (Wildman–Crippen LogP) is -1.37. The minimum Gasteiger partial charge on any atom is -0.380 e. The number of hydrogen-bond donors (Lipinski definition) is 3. The highest BCUT2D eigenvalue weighted by Crippen LogP contribution is 2.49. The van der Waals surface area contributed by atoms with Crippen LogP contribution in [0.3, 0.4) is 0 Å². The van der Waals surface area contributed by atoms with Crippen molar-refractivity contribution in [1.29, 1.82) is 0 Å². The number of amides is 1. The minimum atomic E-state index is -5.21. The smallest absolute Gasteiger partial charge is 0.380 e. The van der Waals surface area contributed by atoms with Crippen LogP contribution in [-0.4, -0.2) is 61.4 Å². The number of hydrogen-bond acceptors (Lipinski definition) is 8. The molecule has 1 aromatic heterocycles. The zero-order chi connectivity index (χ0) is 17.4. The fraction of sp³-hybridized carbons (Fsp3) is 0.556. The van der Waals surface area contributed by atoms with Crippen LogP contribution in [0, 0.1) is 0 Å². The Labute approximate surface area is 126 Å². The van der Waals surface area contributed by atoms with Gasteiger partial charge in [0.15, 0.2) is 18.1 Å². The zero-order valence-electron chi connectivity index (χ0n) is 11.2. The van der Waals surface area contributed by atoms with E-state index in [1.807, 2.05) is 0 Å². The Morgan fingerprint density at radius 2 is 2.26 bits per heavy atom. The summed E-state index contributed by atoms with van der Waals surface area (Å²) >= 11 is 0.